The summed E-state index contributed by atoms with van der Waals surface area (Å²) in [4.78, 5) is 4.26. The fourth-order valence-electron chi connectivity index (χ4n) is 1.60. The topological polar surface area (TPSA) is 38.9 Å². The largest absolute Gasteiger partial charge is 0.322 e. The van der Waals surface area contributed by atoms with E-state index in [4.69, 9.17) is 5.73 Å². The third kappa shape index (κ3) is 2.68. The van der Waals surface area contributed by atoms with Gasteiger partial charge in [0.25, 0.3) is 0 Å². The van der Waals surface area contributed by atoms with Crippen molar-refractivity contribution in [2.75, 3.05) is 0 Å². The van der Waals surface area contributed by atoms with Crippen molar-refractivity contribution in [2.45, 2.75) is 12.5 Å². The van der Waals surface area contributed by atoms with Crippen LogP contribution in [0.3, 0.4) is 0 Å². The normalized spacial score (nSPS) is 12.4. The number of nitrogens with zero attached hydrogens (tertiary/aromatic N) is 1. The molecule has 0 aliphatic carbocycles. The Morgan fingerprint density at radius 3 is 2.56 bits per heavy atom. The maximum Gasteiger partial charge on any atom is 0.0574 e. The molecular formula is C13H13BrN2. The molecule has 0 saturated carbocycles. The SMILES string of the molecule is NC(Cc1ccccc1Br)c1ccccn1. The summed E-state index contributed by atoms with van der Waals surface area (Å²) in [6.45, 7) is 0. The van der Waals surface area contributed by atoms with Gasteiger partial charge in [-0.2, -0.15) is 0 Å². The number of nitrogens with two attached hydrogens (primary N) is 1. The average molecular weight is 277 g/mol. The van der Waals surface area contributed by atoms with Gasteiger partial charge < -0.3 is 5.73 Å². The van der Waals surface area contributed by atoms with Crippen LogP contribution in [0.25, 0.3) is 0 Å². The van der Waals surface area contributed by atoms with Crippen molar-refractivity contribution in [3.05, 3.63) is 64.4 Å². The van der Waals surface area contributed by atoms with Crippen molar-refractivity contribution >= 4 is 15.9 Å². The minimum Gasteiger partial charge on any atom is -0.322 e. The number of halogens is 1. The summed E-state index contributed by atoms with van der Waals surface area (Å²) in [5.41, 5.74) is 8.25. The zero-order chi connectivity index (χ0) is 11.4. The Balaban J connectivity index is 2.14. The van der Waals surface area contributed by atoms with Gasteiger partial charge in [0.15, 0.2) is 0 Å². The molecular weight excluding hydrogens is 264 g/mol. The van der Waals surface area contributed by atoms with Gasteiger partial charge in [-0.1, -0.05) is 40.2 Å². The Morgan fingerprint density at radius 1 is 1.12 bits per heavy atom. The van der Waals surface area contributed by atoms with Crippen molar-refractivity contribution < 1.29 is 0 Å². The van der Waals surface area contributed by atoms with Gasteiger partial charge in [-0.05, 0) is 30.2 Å². The maximum absolute atomic E-state index is 6.11. The van der Waals surface area contributed by atoms with Crippen LogP contribution in [-0.2, 0) is 6.42 Å². The quantitative estimate of drug-likeness (QED) is 0.936. The van der Waals surface area contributed by atoms with E-state index in [1.54, 1.807) is 6.20 Å². The highest BCUT2D eigenvalue weighted by atomic mass is 79.9. The Kier molecular flexibility index (Phi) is 3.70. The van der Waals surface area contributed by atoms with Gasteiger partial charge in [-0.3, -0.25) is 4.98 Å². The first-order valence-corrected chi connectivity index (χ1v) is 5.96. The van der Waals surface area contributed by atoms with Crippen molar-refractivity contribution in [3.63, 3.8) is 0 Å². The summed E-state index contributed by atoms with van der Waals surface area (Å²) < 4.78 is 1.10. The number of aromatic nitrogens is 1. The zero-order valence-electron chi connectivity index (χ0n) is 8.81. The van der Waals surface area contributed by atoms with Gasteiger partial charge in [0, 0.05) is 10.7 Å². The van der Waals surface area contributed by atoms with E-state index in [0.717, 1.165) is 16.6 Å². The standard InChI is InChI=1S/C13H13BrN2/c14-11-6-2-1-5-10(11)9-12(15)13-7-3-4-8-16-13/h1-8,12H,9,15H2. The van der Waals surface area contributed by atoms with Crippen LogP contribution in [0.2, 0.25) is 0 Å². The molecule has 2 aromatic rings. The monoisotopic (exact) mass is 276 g/mol. The highest BCUT2D eigenvalue weighted by molar-refractivity contribution is 9.10. The van der Waals surface area contributed by atoms with Crippen LogP contribution in [0, 0.1) is 0 Å². The number of hydrogen-bond acceptors (Lipinski definition) is 2. The molecule has 0 saturated heterocycles. The molecule has 1 aromatic heterocycles. The molecule has 0 radical (unpaired) electrons. The highest BCUT2D eigenvalue weighted by Crippen LogP contribution is 2.21. The fourth-order valence-corrected chi connectivity index (χ4v) is 2.05. The molecule has 1 unspecified atom stereocenters. The smallest absolute Gasteiger partial charge is 0.0574 e. The lowest BCUT2D eigenvalue weighted by atomic mass is 10.0. The van der Waals surface area contributed by atoms with E-state index in [2.05, 4.69) is 27.0 Å². The first-order valence-electron chi connectivity index (χ1n) is 5.17. The molecule has 0 fully saturated rings. The lowest BCUT2D eigenvalue weighted by Gasteiger charge is -2.11. The van der Waals surface area contributed by atoms with Crippen LogP contribution in [0.1, 0.15) is 17.3 Å². The summed E-state index contributed by atoms with van der Waals surface area (Å²) in [7, 11) is 0. The number of benzene rings is 1. The molecule has 2 rings (SSSR count). The summed E-state index contributed by atoms with van der Waals surface area (Å²) in [5, 5.41) is 0. The van der Waals surface area contributed by atoms with Gasteiger partial charge in [0.1, 0.15) is 0 Å². The fraction of sp³-hybridized carbons (Fsp3) is 0.154. The summed E-state index contributed by atoms with van der Waals surface area (Å²) >= 11 is 3.52. The number of hydrogen-bond donors (Lipinski definition) is 1. The zero-order valence-corrected chi connectivity index (χ0v) is 10.4. The summed E-state index contributed by atoms with van der Waals surface area (Å²) in [5.74, 6) is 0. The third-order valence-corrected chi connectivity index (χ3v) is 3.24. The van der Waals surface area contributed by atoms with Crippen molar-refractivity contribution in [1.82, 2.24) is 4.98 Å². The van der Waals surface area contributed by atoms with Gasteiger partial charge in [0.05, 0.1) is 11.7 Å². The Bertz CT molecular complexity index is 456. The number of rotatable bonds is 3. The first-order chi connectivity index (χ1) is 7.77. The summed E-state index contributed by atoms with van der Waals surface area (Å²) in [6.07, 6.45) is 2.56. The first kappa shape index (κ1) is 11.3. The molecule has 2 nitrogen and oxygen atoms in total. The van der Waals surface area contributed by atoms with Gasteiger partial charge >= 0.3 is 0 Å². The second-order valence-corrected chi connectivity index (χ2v) is 4.51. The van der Waals surface area contributed by atoms with E-state index in [-0.39, 0.29) is 6.04 Å². The Hall–Kier alpha value is -1.19. The minimum absolute atomic E-state index is 0.0556. The van der Waals surface area contributed by atoms with Gasteiger partial charge in [-0.25, -0.2) is 0 Å². The minimum atomic E-state index is -0.0556. The molecule has 1 atom stereocenters. The molecule has 1 aromatic carbocycles. The Morgan fingerprint density at radius 2 is 1.88 bits per heavy atom. The van der Waals surface area contributed by atoms with Crippen LogP contribution >= 0.6 is 15.9 Å². The lowest BCUT2D eigenvalue weighted by Crippen LogP contribution is -2.14. The van der Waals surface area contributed by atoms with E-state index >= 15 is 0 Å². The van der Waals surface area contributed by atoms with Crippen LogP contribution in [0.5, 0.6) is 0 Å². The second-order valence-electron chi connectivity index (χ2n) is 3.66. The molecule has 0 amide bonds. The van der Waals surface area contributed by atoms with Crippen molar-refractivity contribution in [2.24, 2.45) is 5.73 Å². The van der Waals surface area contributed by atoms with E-state index < -0.39 is 0 Å². The van der Waals surface area contributed by atoms with Crippen LogP contribution in [-0.4, -0.2) is 4.98 Å². The maximum atomic E-state index is 6.11. The second kappa shape index (κ2) is 5.23. The van der Waals surface area contributed by atoms with Crippen molar-refractivity contribution in [3.8, 4) is 0 Å². The van der Waals surface area contributed by atoms with Crippen LogP contribution in [0.15, 0.2) is 53.1 Å². The molecule has 0 bridgehead atoms. The highest BCUT2D eigenvalue weighted by Gasteiger charge is 2.09. The van der Waals surface area contributed by atoms with Crippen molar-refractivity contribution in [1.29, 1.82) is 0 Å². The Labute approximate surface area is 104 Å². The summed E-state index contributed by atoms with van der Waals surface area (Å²) in [6, 6.07) is 13.9. The number of pyridine rings is 1. The molecule has 0 aliphatic rings. The molecule has 3 heteroatoms. The van der Waals surface area contributed by atoms with E-state index in [9.17, 15) is 0 Å². The van der Waals surface area contributed by atoms with E-state index in [0.29, 0.717) is 0 Å². The van der Waals surface area contributed by atoms with Crippen LogP contribution < -0.4 is 5.73 Å². The lowest BCUT2D eigenvalue weighted by molar-refractivity contribution is 0.695. The van der Waals surface area contributed by atoms with E-state index in [1.807, 2.05) is 36.4 Å². The molecule has 0 aliphatic heterocycles. The molecule has 2 N–H and O–H groups in total. The predicted molar refractivity (Wildman–Crippen MR) is 69.0 cm³/mol. The van der Waals surface area contributed by atoms with E-state index in [1.165, 1.54) is 5.56 Å². The van der Waals surface area contributed by atoms with Crippen LogP contribution in [0.4, 0.5) is 0 Å². The van der Waals surface area contributed by atoms with Gasteiger partial charge in [0.2, 0.25) is 0 Å². The molecule has 0 spiro atoms. The predicted octanol–water partition coefficient (Wildman–Crippen LogP) is 3.09. The molecule has 16 heavy (non-hydrogen) atoms. The average Bonchev–Trinajstić information content (AvgIpc) is 2.33. The third-order valence-electron chi connectivity index (χ3n) is 2.47. The van der Waals surface area contributed by atoms with Gasteiger partial charge in [-0.15, -0.1) is 0 Å². The molecule has 1 heterocycles. The molecule has 82 valence electrons.